The van der Waals surface area contributed by atoms with Crippen molar-refractivity contribution in [2.75, 3.05) is 13.2 Å². The lowest BCUT2D eigenvalue weighted by atomic mass is 10.1. The lowest BCUT2D eigenvalue weighted by molar-refractivity contribution is -0.145. The maximum atomic E-state index is 6.14. The van der Waals surface area contributed by atoms with Crippen LogP contribution in [0.25, 0.3) is 11.3 Å². The third kappa shape index (κ3) is 4.27. The van der Waals surface area contributed by atoms with Crippen LogP contribution in [-0.4, -0.2) is 34.5 Å². The Morgan fingerprint density at radius 1 is 1.24 bits per heavy atom. The molecule has 2 aromatic rings. The summed E-state index contributed by atoms with van der Waals surface area (Å²) in [5.74, 6) is 0. The summed E-state index contributed by atoms with van der Waals surface area (Å²) >= 11 is 6.14. The monoisotopic (exact) mass is 309 g/mol. The molecular formula is C15H20ClN3O2. The summed E-state index contributed by atoms with van der Waals surface area (Å²) in [4.78, 5) is 0. The van der Waals surface area contributed by atoms with E-state index in [2.05, 4.69) is 10.3 Å². The maximum absolute atomic E-state index is 6.14. The summed E-state index contributed by atoms with van der Waals surface area (Å²) in [7, 11) is 0. The molecule has 0 unspecified atom stereocenters. The zero-order valence-corrected chi connectivity index (χ0v) is 13.3. The lowest BCUT2D eigenvalue weighted by Crippen LogP contribution is -2.24. The van der Waals surface area contributed by atoms with Crippen LogP contribution in [0.2, 0.25) is 5.02 Å². The van der Waals surface area contributed by atoms with Gasteiger partial charge in [-0.3, -0.25) is 0 Å². The van der Waals surface area contributed by atoms with Crippen LogP contribution in [0.5, 0.6) is 0 Å². The van der Waals surface area contributed by atoms with Crippen LogP contribution in [0.1, 0.15) is 19.4 Å². The summed E-state index contributed by atoms with van der Waals surface area (Å²) in [5, 5.41) is 9.01. The van der Waals surface area contributed by atoms with Crippen LogP contribution >= 0.6 is 11.6 Å². The van der Waals surface area contributed by atoms with Gasteiger partial charge in [-0.05, 0) is 32.4 Å². The van der Waals surface area contributed by atoms with Crippen LogP contribution in [0.4, 0.5) is 0 Å². The number of hydrogen-bond donors (Lipinski definition) is 0. The van der Waals surface area contributed by atoms with Crippen LogP contribution < -0.4 is 0 Å². The molecule has 0 bridgehead atoms. The molecule has 0 aliphatic heterocycles. The van der Waals surface area contributed by atoms with Crippen LogP contribution in [0.3, 0.4) is 0 Å². The number of aryl methyl sites for hydroxylation is 1. The van der Waals surface area contributed by atoms with Gasteiger partial charge < -0.3 is 9.47 Å². The Morgan fingerprint density at radius 3 is 2.57 bits per heavy atom. The summed E-state index contributed by atoms with van der Waals surface area (Å²) in [6, 6.07) is 5.85. The van der Waals surface area contributed by atoms with E-state index in [-0.39, 0.29) is 6.29 Å². The van der Waals surface area contributed by atoms with Gasteiger partial charge in [-0.2, -0.15) is 0 Å². The summed E-state index contributed by atoms with van der Waals surface area (Å²) < 4.78 is 12.7. The number of ether oxygens (including phenoxy) is 2. The minimum Gasteiger partial charge on any atom is -0.351 e. The first-order valence-corrected chi connectivity index (χ1v) is 7.41. The van der Waals surface area contributed by atoms with E-state index >= 15 is 0 Å². The number of rotatable bonds is 7. The van der Waals surface area contributed by atoms with Crippen molar-refractivity contribution in [2.45, 2.75) is 33.6 Å². The average Bonchev–Trinajstić information content (AvgIpc) is 2.91. The largest absolute Gasteiger partial charge is 0.351 e. The van der Waals surface area contributed by atoms with E-state index in [0.717, 1.165) is 21.8 Å². The van der Waals surface area contributed by atoms with Crippen LogP contribution in [0, 0.1) is 6.92 Å². The standard InChI is InChI=1S/C15H20ClN3O2/c1-4-20-15(21-5-2)10-19-9-14(17-18-19)12-7-6-11(3)13(16)8-12/h6-9,15H,4-5,10H2,1-3H3. The predicted molar refractivity (Wildman–Crippen MR) is 82.2 cm³/mol. The van der Waals surface area contributed by atoms with Gasteiger partial charge in [-0.25, -0.2) is 4.68 Å². The Labute approximate surface area is 129 Å². The third-order valence-electron chi connectivity index (χ3n) is 3.05. The quantitative estimate of drug-likeness (QED) is 0.736. The first-order chi connectivity index (χ1) is 10.1. The van der Waals surface area contributed by atoms with Gasteiger partial charge in [0, 0.05) is 23.8 Å². The average molecular weight is 310 g/mol. The second-order valence-electron chi connectivity index (χ2n) is 4.63. The van der Waals surface area contributed by atoms with E-state index in [1.54, 1.807) is 4.68 Å². The first kappa shape index (κ1) is 15.9. The molecule has 1 heterocycles. The molecule has 0 fully saturated rings. The van der Waals surface area contributed by atoms with Crippen LogP contribution in [0.15, 0.2) is 24.4 Å². The van der Waals surface area contributed by atoms with Crippen molar-refractivity contribution in [3.05, 3.63) is 35.0 Å². The van der Waals surface area contributed by atoms with Gasteiger partial charge in [0.05, 0.1) is 12.7 Å². The molecule has 0 saturated heterocycles. The molecule has 2 rings (SSSR count). The SMILES string of the molecule is CCOC(Cn1cc(-c2ccc(C)c(Cl)c2)nn1)OCC. The molecule has 0 radical (unpaired) electrons. The topological polar surface area (TPSA) is 49.2 Å². The lowest BCUT2D eigenvalue weighted by Gasteiger charge is -2.16. The van der Waals surface area contributed by atoms with E-state index in [4.69, 9.17) is 21.1 Å². The fourth-order valence-electron chi connectivity index (χ4n) is 1.95. The maximum Gasteiger partial charge on any atom is 0.176 e. The molecule has 6 heteroatoms. The van der Waals surface area contributed by atoms with Crippen molar-refractivity contribution in [1.82, 2.24) is 15.0 Å². The summed E-state index contributed by atoms with van der Waals surface area (Å²) in [6.07, 6.45) is 1.56. The number of hydrogen-bond acceptors (Lipinski definition) is 4. The van der Waals surface area contributed by atoms with Gasteiger partial charge in [-0.1, -0.05) is 28.9 Å². The Balaban J connectivity index is 2.11. The van der Waals surface area contributed by atoms with Gasteiger partial charge >= 0.3 is 0 Å². The van der Waals surface area contributed by atoms with Gasteiger partial charge in [-0.15, -0.1) is 5.10 Å². The molecule has 0 aliphatic rings. The third-order valence-corrected chi connectivity index (χ3v) is 3.45. The molecule has 0 N–H and O–H groups in total. The van der Waals surface area contributed by atoms with Gasteiger partial charge in [0.25, 0.3) is 0 Å². The molecule has 0 aliphatic carbocycles. The normalized spacial score (nSPS) is 11.3. The van der Waals surface area contributed by atoms with E-state index in [1.165, 1.54) is 0 Å². The van der Waals surface area contributed by atoms with Crippen LogP contribution in [-0.2, 0) is 16.0 Å². The molecule has 0 amide bonds. The number of halogens is 1. The molecule has 0 spiro atoms. The highest BCUT2D eigenvalue weighted by Crippen LogP contribution is 2.23. The summed E-state index contributed by atoms with van der Waals surface area (Å²) in [5.41, 5.74) is 2.77. The fraction of sp³-hybridized carbons (Fsp3) is 0.467. The van der Waals surface area contributed by atoms with E-state index in [0.29, 0.717) is 19.8 Å². The molecule has 0 saturated carbocycles. The molecule has 5 nitrogen and oxygen atoms in total. The Kier molecular flexibility index (Phi) is 5.73. The Bertz CT molecular complexity index is 580. The van der Waals surface area contributed by atoms with Gasteiger partial charge in [0.2, 0.25) is 0 Å². The molecule has 114 valence electrons. The van der Waals surface area contributed by atoms with Gasteiger partial charge in [0.15, 0.2) is 6.29 Å². The van der Waals surface area contributed by atoms with Gasteiger partial charge in [0.1, 0.15) is 5.69 Å². The minimum absolute atomic E-state index is 0.309. The van der Waals surface area contributed by atoms with Crippen molar-refractivity contribution in [3.8, 4) is 11.3 Å². The Hall–Kier alpha value is -1.43. The Morgan fingerprint density at radius 2 is 1.95 bits per heavy atom. The minimum atomic E-state index is -0.309. The van der Waals surface area contributed by atoms with E-state index < -0.39 is 0 Å². The first-order valence-electron chi connectivity index (χ1n) is 7.03. The number of aromatic nitrogens is 3. The molecular weight excluding hydrogens is 290 g/mol. The second-order valence-corrected chi connectivity index (χ2v) is 5.04. The zero-order chi connectivity index (χ0) is 15.2. The number of benzene rings is 1. The van der Waals surface area contributed by atoms with Crippen molar-refractivity contribution in [3.63, 3.8) is 0 Å². The van der Waals surface area contributed by atoms with Crippen molar-refractivity contribution >= 4 is 11.6 Å². The van der Waals surface area contributed by atoms with E-state index in [1.807, 2.05) is 45.2 Å². The molecule has 0 atom stereocenters. The second kappa shape index (κ2) is 7.54. The molecule has 1 aromatic heterocycles. The van der Waals surface area contributed by atoms with Crippen molar-refractivity contribution in [2.24, 2.45) is 0 Å². The predicted octanol–water partition coefficient (Wildman–Crippen LogP) is 3.31. The smallest absolute Gasteiger partial charge is 0.176 e. The van der Waals surface area contributed by atoms with Crippen molar-refractivity contribution < 1.29 is 9.47 Å². The highest BCUT2D eigenvalue weighted by Gasteiger charge is 2.12. The zero-order valence-electron chi connectivity index (χ0n) is 12.5. The number of nitrogens with zero attached hydrogens (tertiary/aromatic N) is 3. The molecule has 1 aromatic carbocycles. The summed E-state index contributed by atoms with van der Waals surface area (Å²) in [6.45, 7) is 7.55. The highest BCUT2D eigenvalue weighted by atomic mass is 35.5. The highest BCUT2D eigenvalue weighted by molar-refractivity contribution is 6.31. The van der Waals surface area contributed by atoms with E-state index in [9.17, 15) is 0 Å². The van der Waals surface area contributed by atoms with Crippen molar-refractivity contribution in [1.29, 1.82) is 0 Å². The fourth-order valence-corrected chi connectivity index (χ4v) is 2.13. The molecule has 21 heavy (non-hydrogen) atoms.